The predicted octanol–water partition coefficient (Wildman–Crippen LogP) is 4.85. The second-order valence-corrected chi connectivity index (χ2v) is 17.0. The molecule has 0 aromatic carbocycles. The zero-order valence-electron chi connectivity index (χ0n) is 21.3. The van der Waals surface area contributed by atoms with Crippen LogP contribution in [0.15, 0.2) is 0 Å². The molecule has 0 aliphatic rings. The Hall–Kier alpha value is 0.596. The number of rotatable bonds is 9. The molecule has 0 atom stereocenters. The summed E-state index contributed by atoms with van der Waals surface area (Å²) in [7, 11) is -2.84. The summed E-state index contributed by atoms with van der Waals surface area (Å²) in [6.07, 6.45) is 8.32. The summed E-state index contributed by atoms with van der Waals surface area (Å²) in [4.78, 5) is 0. The monoisotopic (exact) mass is 446 g/mol. The molecule has 0 aromatic rings. The SMILES string of the molecule is CCC(CC)[Si+](C)C.CCC(CC)[Si+](C)C.CCC(CC)[Si+](C)C.[O-]B([O-])[O-]. The standard InChI is InChI=1S/3C7H17Si.BO3/c3*1-5-7(6-2)8(3)4;2-1(3)4/h3*7H,5-6H2,1-4H3;/q3*+1;-3. The highest BCUT2D eigenvalue weighted by atomic mass is 28.3. The van der Waals surface area contributed by atoms with Crippen molar-refractivity contribution >= 4 is 33.7 Å². The van der Waals surface area contributed by atoms with E-state index in [0.717, 1.165) is 16.6 Å². The van der Waals surface area contributed by atoms with Gasteiger partial charge in [-0.05, 0) is 38.5 Å². The third-order valence-electron chi connectivity index (χ3n) is 5.41. The maximum atomic E-state index is 8.42. The van der Waals surface area contributed by atoms with Crippen LogP contribution in [0.3, 0.4) is 0 Å². The summed E-state index contributed by atoms with van der Waals surface area (Å²) >= 11 is 0. The minimum Gasteiger partial charge on any atom is -0.907 e. The first-order valence-corrected chi connectivity index (χ1v) is 19.0. The van der Waals surface area contributed by atoms with Crippen LogP contribution in [0.1, 0.15) is 80.1 Å². The van der Waals surface area contributed by atoms with E-state index in [1.54, 1.807) is 0 Å². The average Bonchev–Trinajstić information content (AvgIpc) is 2.58. The third-order valence-corrected chi connectivity index (χ3v) is 12.8. The van der Waals surface area contributed by atoms with Crippen LogP contribution in [-0.4, -0.2) is 33.7 Å². The molecule has 28 heavy (non-hydrogen) atoms. The lowest BCUT2D eigenvalue weighted by Crippen LogP contribution is -2.56. The van der Waals surface area contributed by atoms with Gasteiger partial charge in [0.15, 0.2) is 0 Å². The molecule has 168 valence electrons. The molecule has 0 heterocycles. The van der Waals surface area contributed by atoms with Crippen molar-refractivity contribution < 1.29 is 15.1 Å². The van der Waals surface area contributed by atoms with Gasteiger partial charge in [0.25, 0.3) is 0 Å². The van der Waals surface area contributed by atoms with Gasteiger partial charge < -0.3 is 15.1 Å². The molecule has 0 unspecified atom stereocenters. The van der Waals surface area contributed by atoms with Gasteiger partial charge in [0.2, 0.25) is 0 Å². The van der Waals surface area contributed by atoms with Crippen molar-refractivity contribution in [2.24, 2.45) is 0 Å². The van der Waals surface area contributed by atoms with Crippen molar-refractivity contribution in [1.82, 2.24) is 0 Å². The molecule has 0 rings (SSSR count). The van der Waals surface area contributed by atoms with Crippen molar-refractivity contribution in [1.29, 1.82) is 0 Å². The third kappa shape index (κ3) is 28.8. The molecule has 0 spiro atoms. The molecule has 3 nitrogen and oxygen atoms in total. The second-order valence-electron chi connectivity index (χ2n) is 8.06. The first-order chi connectivity index (χ1) is 12.9. The van der Waals surface area contributed by atoms with Crippen LogP contribution in [0.5, 0.6) is 0 Å². The van der Waals surface area contributed by atoms with Crippen LogP contribution >= 0.6 is 0 Å². The summed E-state index contributed by atoms with van der Waals surface area (Å²) < 4.78 is 0. The summed E-state index contributed by atoms with van der Waals surface area (Å²) in [6.45, 7) is 28.2. The molecule has 0 bridgehead atoms. The molecule has 0 amide bonds. The lowest BCUT2D eigenvalue weighted by molar-refractivity contribution is -0.479. The Labute approximate surface area is 184 Å². The van der Waals surface area contributed by atoms with E-state index in [1.165, 1.54) is 38.5 Å². The van der Waals surface area contributed by atoms with E-state index in [9.17, 15) is 0 Å². The van der Waals surface area contributed by atoms with Crippen LogP contribution < -0.4 is 15.1 Å². The molecule has 0 aliphatic carbocycles. The van der Waals surface area contributed by atoms with Crippen molar-refractivity contribution in [2.45, 2.75) is 136 Å². The fourth-order valence-corrected chi connectivity index (χ4v) is 8.21. The van der Waals surface area contributed by atoms with Crippen molar-refractivity contribution in [3.05, 3.63) is 0 Å². The fraction of sp³-hybridized carbons (Fsp3) is 1.00. The Kier molecular flexibility index (Phi) is 33.0. The molecule has 0 saturated heterocycles. The molecule has 0 aromatic heterocycles. The summed E-state index contributed by atoms with van der Waals surface area (Å²) in [6, 6.07) is 0. The quantitative estimate of drug-likeness (QED) is 0.476. The van der Waals surface area contributed by atoms with Crippen LogP contribution in [0, 0.1) is 0 Å². The van der Waals surface area contributed by atoms with Gasteiger partial charge in [0, 0.05) is 0 Å². The van der Waals surface area contributed by atoms with E-state index in [0.29, 0.717) is 0 Å². The highest BCUT2D eigenvalue weighted by molar-refractivity contribution is 6.58. The van der Waals surface area contributed by atoms with Gasteiger partial charge in [-0.25, -0.2) is 0 Å². The predicted molar refractivity (Wildman–Crippen MR) is 131 cm³/mol. The van der Waals surface area contributed by atoms with Crippen molar-refractivity contribution in [3.8, 4) is 0 Å². The Morgan fingerprint density at radius 1 is 0.464 bits per heavy atom. The van der Waals surface area contributed by atoms with E-state index in [-0.39, 0.29) is 26.4 Å². The highest BCUT2D eigenvalue weighted by Gasteiger charge is 2.23. The average molecular weight is 447 g/mol. The lowest BCUT2D eigenvalue weighted by atomic mass is 10.3. The molecule has 0 N–H and O–H groups in total. The van der Waals surface area contributed by atoms with Gasteiger partial charge in [0.1, 0.15) is 0 Å². The molecular weight excluding hydrogens is 395 g/mol. The second kappa shape index (κ2) is 25.6. The van der Waals surface area contributed by atoms with Gasteiger partial charge in [0.05, 0.1) is 55.9 Å². The fourth-order valence-electron chi connectivity index (χ4n) is 3.32. The van der Waals surface area contributed by atoms with Gasteiger partial charge in [-0.3, -0.25) is 7.32 Å². The normalized spacial score (nSPS) is 9.64. The van der Waals surface area contributed by atoms with Crippen LogP contribution in [0.4, 0.5) is 0 Å². The molecule has 0 aliphatic heterocycles. The Bertz CT molecular complexity index is 229. The van der Waals surface area contributed by atoms with Gasteiger partial charge in [-0.1, -0.05) is 41.5 Å². The van der Waals surface area contributed by atoms with Crippen molar-refractivity contribution in [3.63, 3.8) is 0 Å². The van der Waals surface area contributed by atoms with E-state index >= 15 is 0 Å². The molecule has 0 radical (unpaired) electrons. The Morgan fingerprint density at radius 2 is 0.571 bits per heavy atom. The maximum absolute atomic E-state index is 8.42. The summed E-state index contributed by atoms with van der Waals surface area (Å²) in [5.41, 5.74) is 3.17. The van der Waals surface area contributed by atoms with Crippen LogP contribution in [0.25, 0.3) is 0 Å². The van der Waals surface area contributed by atoms with E-state index < -0.39 is 7.32 Å². The van der Waals surface area contributed by atoms with Crippen LogP contribution in [0.2, 0.25) is 55.9 Å². The molecule has 7 heteroatoms. The zero-order valence-corrected chi connectivity index (χ0v) is 24.3. The topological polar surface area (TPSA) is 69.2 Å². The summed E-state index contributed by atoms with van der Waals surface area (Å²) in [5, 5.41) is 25.2. The van der Waals surface area contributed by atoms with E-state index in [1.807, 2.05) is 0 Å². The zero-order chi connectivity index (χ0) is 23.3. The highest BCUT2D eigenvalue weighted by Crippen LogP contribution is 2.19. The minimum atomic E-state index is -2.92. The first-order valence-electron chi connectivity index (χ1n) is 11.3. The first kappa shape index (κ1) is 36.0. The molecular formula is C21H51BO3Si3. The van der Waals surface area contributed by atoms with E-state index in [2.05, 4.69) is 80.8 Å². The van der Waals surface area contributed by atoms with E-state index in [4.69, 9.17) is 15.1 Å². The Balaban J connectivity index is -0.000000141. The largest absolute Gasteiger partial charge is 0.907 e. The maximum Gasteiger partial charge on any atom is 0.311 e. The van der Waals surface area contributed by atoms with Gasteiger partial charge in [-0.2, -0.15) is 0 Å². The molecule has 0 fully saturated rings. The van der Waals surface area contributed by atoms with Crippen molar-refractivity contribution in [2.75, 3.05) is 0 Å². The van der Waals surface area contributed by atoms with Crippen LogP contribution in [-0.2, 0) is 0 Å². The Morgan fingerprint density at radius 3 is 0.571 bits per heavy atom. The lowest BCUT2D eigenvalue weighted by Gasteiger charge is -2.35. The van der Waals surface area contributed by atoms with Gasteiger partial charge >= 0.3 is 26.4 Å². The minimum absolute atomic E-state index is 0.0252. The summed E-state index contributed by atoms with van der Waals surface area (Å²) in [5.74, 6) is 0. The van der Waals surface area contributed by atoms with Gasteiger partial charge in [-0.15, -0.1) is 0 Å². The molecule has 0 saturated carbocycles. The number of hydrogen-bond donors (Lipinski definition) is 0. The smallest absolute Gasteiger partial charge is 0.311 e. The number of hydrogen-bond acceptors (Lipinski definition) is 3.